The van der Waals surface area contributed by atoms with Gasteiger partial charge in [-0.05, 0) is 0 Å². The summed E-state index contributed by atoms with van der Waals surface area (Å²) in [5.74, 6) is 0.464. The Balaban J connectivity index is 1.69. The fraction of sp³-hybridized carbons (Fsp3) is 0.194. The molecule has 1 atom stereocenters. The summed E-state index contributed by atoms with van der Waals surface area (Å²) >= 11 is -2.66. The fourth-order valence-electron chi connectivity index (χ4n) is 5.96. The first-order chi connectivity index (χ1) is 17.9. The summed E-state index contributed by atoms with van der Waals surface area (Å²) in [7, 11) is 0. The fourth-order valence-corrected chi connectivity index (χ4v) is 14.3. The second-order valence-corrected chi connectivity index (χ2v) is 17.2. The molecule has 0 aromatic heterocycles. The van der Waals surface area contributed by atoms with Crippen LogP contribution in [-0.2, 0) is 27.7 Å². The van der Waals surface area contributed by atoms with E-state index in [0.29, 0.717) is 5.92 Å². The Hall–Kier alpha value is -2.89. The molecule has 0 amide bonds. The Morgan fingerprint density at radius 1 is 0.703 bits per heavy atom. The molecule has 6 rings (SSSR count). The van der Waals surface area contributed by atoms with Crippen molar-refractivity contribution in [3.05, 3.63) is 146 Å². The molecule has 0 N–H and O–H groups in total. The zero-order valence-electron chi connectivity index (χ0n) is 22.3. The quantitative estimate of drug-likeness (QED) is 0.209. The van der Waals surface area contributed by atoms with Gasteiger partial charge in [0.15, 0.2) is 0 Å². The van der Waals surface area contributed by atoms with Crippen molar-refractivity contribution in [1.82, 2.24) is 0 Å². The molecule has 0 nitrogen and oxygen atoms in total. The van der Waals surface area contributed by atoms with Gasteiger partial charge in [0, 0.05) is 0 Å². The molecule has 4 aromatic carbocycles. The minimum atomic E-state index is -2.66. The average molecular weight is 558 g/mol. The van der Waals surface area contributed by atoms with Crippen LogP contribution in [0.25, 0.3) is 11.1 Å². The summed E-state index contributed by atoms with van der Waals surface area (Å²) in [4.78, 5) is 0. The molecule has 0 spiro atoms. The van der Waals surface area contributed by atoms with Crippen LogP contribution in [0.15, 0.2) is 124 Å². The topological polar surface area (TPSA) is 0 Å². The molecule has 37 heavy (non-hydrogen) atoms. The number of hydrogen-bond donors (Lipinski definition) is 0. The summed E-state index contributed by atoms with van der Waals surface area (Å²) in [6, 6.07) is 38.6. The molecular weight excluding hydrogens is 524 g/mol. The molecular formula is C36H34Zr. The van der Waals surface area contributed by atoms with Gasteiger partial charge in [-0.2, -0.15) is 0 Å². The third-order valence-corrected chi connectivity index (χ3v) is 15.9. The Bertz CT molecular complexity index is 1520. The van der Waals surface area contributed by atoms with E-state index < -0.39 is 21.3 Å². The van der Waals surface area contributed by atoms with Crippen LogP contribution in [0.1, 0.15) is 49.9 Å². The van der Waals surface area contributed by atoms with Crippen LogP contribution < -0.4 is 3.27 Å². The van der Waals surface area contributed by atoms with Crippen LogP contribution in [0, 0.1) is 11.3 Å². The zero-order valence-corrected chi connectivity index (χ0v) is 24.7. The standard InChI is InChI=1S/C13H9.C13H10.C10H15.Zr/c1-3-7-12-10(5-1)9-11-6-2-4-8-13(11)12;1-3-7-12(8-4-1)11-13-9-5-2-6-10-13;1-8-5-6-9(7-8)10(2,3)4;/h1-5,7-8H,9H2;1-10H;6-8H,1-4H3;. The van der Waals surface area contributed by atoms with Gasteiger partial charge in [0.1, 0.15) is 0 Å². The van der Waals surface area contributed by atoms with Gasteiger partial charge < -0.3 is 0 Å². The predicted molar refractivity (Wildman–Crippen MR) is 155 cm³/mol. The van der Waals surface area contributed by atoms with E-state index in [4.69, 9.17) is 0 Å². The third-order valence-electron chi connectivity index (χ3n) is 7.88. The second-order valence-electron chi connectivity index (χ2n) is 11.4. The van der Waals surface area contributed by atoms with Gasteiger partial charge >= 0.3 is 231 Å². The van der Waals surface area contributed by atoms with Crippen LogP contribution in [0.2, 0.25) is 0 Å². The number of hydrogen-bond acceptors (Lipinski definition) is 0. The van der Waals surface area contributed by atoms with Crippen LogP contribution in [0.4, 0.5) is 0 Å². The van der Waals surface area contributed by atoms with Crippen molar-refractivity contribution in [3.8, 4) is 11.1 Å². The van der Waals surface area contributed by atoms with Gasteiger partial charge in [-0.1, -0.05) is 0 Å². The molecule has 4 aromatic rings. The van der Waals surface area contributed by atoms with Crippen molar-refractivity contribution in [1.29, 1.82) is 0 Å². The van der Waals surface area contributed by atoms with Gasteiger partial charge in [0.2, 0.25) is 0 Å². The van der Waals surface area contributed by atoms with E-state index in [9.17, 15) is 0 Å². The number of fused-ring (bicyclic) bond motifs is 3. The molecule has 182 valence electrons. The van der Waals surface area contributed by atoms with E-state index in [1.54, 1.807) is 15.3 Å². The molecule has 0 fully saturated rings. The van der Waals surface area contributed by atoms with Crippen LogP contribution in [0.5, 0.6) is 0 Å². The van der Waals surface area contributed by atoms with Crippen LogP contribution in [0.3, 0.4) is 0 Å². The van der Waals surface area contributed by atoms with Crippen molar-refractivity contribution in [2.45, 2.75) is 34.1 Å². The third kappa shape index (κ3) is 4.53. The van der Waals surface area contributed by atoms with Gasteiger partial charge in [0.25, 0.3) is 0 Å². The van der Waals surface area contributed by atoms with Crippen molar-refractivity contribution in [2.75, 3.05) is 0 Å². The van der Waals surface area contributed by atoms with E-state index in [2.05, 4.69) is 143 Å². The van der Waals surface area contributed by atoms with Crippen molar-refractivity contribution in [2.24, 2.45) is 11.3 Å². The molecule has 0 bridgehead atoms. The monoisotopic (exact) mass is 556 g/mol. The SMILES string of the molecule is CC1C=C(C(C)(C)C)C=[C]1[Zr](=[C](c1ccccc1)c1ccccc1)[c]1cccc2c1Cc1ccccc1-2. The summed E-state index contributed by atoms with van der Waals surface area (Å²) in [5, 5.41) is 0. The Kier molecular flexibility index (Phi) is 6.46. The second kappa shape index (κ2) is 9.77. The van der Waals surface area contributed by atoms with E-state index in [1.165, 1.54) is 33.4 Å². The summed E-state index contributed by atoms with van der Waals surface area (Å²) in [5.41, 5.74) is 10.3. The zero-order chi connectivity index (χ0) is 25.6. The Morgan fingerprint density at radius 3 is 1.92 bits per heavy atom. The normalized spacial score (nSPS) is 16.1. The summed E-state index contributed by atoms with van der Waals surface area (Å²) in [6.45, 7) is 9.48. The van der Waals surface area contributed by atoms with Crippen molar-refractivity contribution < 1.29 is 21.3 Å². The van der Waals surface area contributed by atoms with E-state index in [0.717, 1.165) is 6.42 Å². The molecule has 0 saturated carbocycles. The van der Waals surface area contributed by atoms with Gasteiger partial charge in [-0.3, -0.25) is 0 Å². The van der Waals surface area contributed by atoms with Crippen molar-refractivity contribution in [3.63, 3.8) is 0 Å². The number of benzene rings is 4. The molecule has 0 aliphatic heterocycles. The van der Waals surface area contributed by atoms with E-state index >= 15 is 0 Å². The summed E-state index contributed by atoms with van der Waals surface area (Å²) < 4.78 is 4.93. The molecule has 1 unspecified atom stereocenters. The predicted octanol–water partition coefficient (Wildman–Crippen LogP) is 8.28. The Morgan fingerprint density at radius 2 is 1.30 bits per heavy atom. The van der Waals surface area contributed by atoms with E-state index in [1.807, 2.05) is 0 Å². The summed E-state index contributed by atoms with van der Waals surface area (Å²) in [6.07, 6.45) is 6.19. The first kappa shape index (κ1) is 24.4. The Labute approximate surface area is 229 Å². The van der Waals surface area contributed by atoms with Gasteiger partial charge in [0.05, 0.1) is 0 Å². The van der Waals surface area contributed by atoms with Gasteiger partial charge in [-0.15, -0.1) is 0 Å². The first-order valence-corrected chi connectivity index (χ1v) is 17.1. The first-order valence-electron chi connectivity index (χ1n) is 13.4. The minimum absolute atomic E-state index is 0.152. The molecule has 1 heteroatoms. The molecule has 0 saturated heterocycles. The maximum atomic E-state index is 2.60. The van der Waals surface area contributed by atoms with E-state index in [-0.39, 0.29) is 5.41 Å². The van der Waals surface area contributed by atoms with Crippen LogP contribution >= 0.6 is 0 Å². The molecule has 0 heterocycles. The molecule has 2 aliphatic carbocycles. The number of rotatable bonds is 4. The molecule has 2 aliphatic rings. The average Bonchev–Trinajstić information content (AvgIpc) is 3.49. The maximum absolute atomic E-state index is 2.66. The van der Waals surface area contributed by atoms with Gasteiger partial charge in [-0.25, -0.2) is 0 Å². The van der Waals surface area contributed by atoms with Crippen molar-refractivity contribution >= 4 is 6.48 Å². The van der Waals surface area contributed by atoms with Crippen LogP contribution in [-0.4, -0.2) is 3.21 Å². The number of allylic oxidation sites excluding steroid dienone is 4. The molecule has 0 radical (unpaired) electrons.